The van der Waals surface area contributed by atoms with Gasteiger partial charge in [0.2, 0.25) is 28.6 Å². The molecule has 466 valence electrons. The molecule has 0 bridgehead atoms. The molecule has 35 heteroatoms. The number of carbonyl (C=O) groups is 4. The van der Waals surface area contributed by atoms with Gasteiger partial charge in [-0.25, -0.2) is 39.5 Å². The van der Waals surface area contributed by atoms with Gasteiger partial charge >= 0.3 is 32.2 Å². The van der Waals surface area contributed by atoms with Gasteiger partial charge in [-0.15, -0.1) is 0 Å². The van der Waals surface area contributed by atoms with E-state index < -0.39 is 194 Å². The van der Waals surface area contributed by atoms with Crippen LogP contribution in [0, 0.1) is 23.0 Å². The molecule has 2 aliphatic rings. The van der Waals surface area contributed by atoms with Crippen molar-refractivity contribution >= 4 is 79.9 Å². The molecule has 21 nitrogen and oxygen atoms in total. The summed E-state index contributed by atoms with van der Waals surface area (Å²) in [6.07, 6.45) is -12.8. The van der Waals surface area contributed by atoms with E-state index in [-0.39, 0.29) is 60.7 Å². The Labute approximate surface area is 482 Å². The molecule has 2 aliphatic carbocycles. The number of anilines is 1. The summed E-state index contributed by atoms with van der Waals surface area (Å²) in [4.78, 5) is 71.9. The highest BCUT2D eigenvalue weighted by Crippen LogP contribution is 2.68. The van der Waals surface area contributed by atoms with Crippen molar-refractivity contribution in [2.45, 2.75) is 108 Å². The van der Waals surface area contributed by atoms with Crippen LogP contribution in [0.1, 0.15) is 92.6 Å². The minimum atomic E-state index is -5.25. The SMILES string of the molecule is CC(C)(CC(=O)N(c1nn(CC(F)(F)F)c2c(-c3ccc(CCC(C)(C)S(C)(=O)=O)cc3[C@H](Cc3cc(F)cc(F)c3)NC(=O)Cn3nc(C(F)(F)F)c4c3C(F)(F)C3C[C@H]43)ccc(Cl)c12)S(C)(=O)=O)CN(CC(=O)O)C(=O)OCOP(=O)(O)O. The van der Waals surface area contributed by atoms with Crippen LogP contribution in [-0.4, -0.2) is 123 Å². The molecule has 85 heavy (non-hydrogen) atoms. The Balaban J connectivity index is 1.41. The number of sulfonamides is 1. The quantitative estimate of drug-likeness (QED) is 0.0270. The molecule has 3 aromatic carbocycles. The third-order valence-corrected chi connectivity index (χ3v) is 18.1. The van der Waals surface area contributed by atoms with Gasteiger partial charge in [0.1, 0.15) is 37.0 Å². The molecule has 4 N–H and O–H groups in total. The van der Waals surface area contributed by atoms with Gasteiger partial charge in [-0.05, 0) is 91.3 Å². The summed E-state index contributed by atoms with van der Waals surface area (Å²) in [7, 11) is -14.0. The highest BCUT2D eigenvalue weighted by atomic mass is 35.5. The Morgan fingerprint density at radius 1 is 0.906 bits per heavy atom. The molecule has 0 radical (unpaired) electrons. The van der Waals surface area contributed by atoms with E-state index in [4.69, 9.17) is 21.4 Å². The van der Waals surface area contributed by atoms with Crippen LogP contribution in [0.25, 0.3) is 22.0 Å². The van der Waals surface area contributed by atoms with Crippen LogP contribution in [-0.2, 0) is 86.1 Å². The Kier molecular flexibility index (Phi) is 18.2. The van der Waals surface area contributed by atoms with E-state index in [0.29, 0.717) is 17.2 Å². The predicted molar refractivity (Wildman–Crippen MR) is 281 cm³/mol. The molecule has 0 saturated heterocycles. The second-order valence-corrected chi connectivity index (χ2v) is 28.1. The first kappa shape index (κ1) is 66.2. The van der Waals surface area contributed by atoms with E-state index >= 15 is 8.78 Å². The van der Waals surface area contributed by atoms with Gasteiger partial charge in [0.25, 0.3) is 5.92 Å². The summed E-state index contributed by atoms with van der Waals surface area (Å²) in [5.74, 6) is -14.5. The highest BCUT2D eigenvalue weighted by molar-refractivity contribution is 7.93. The van der Waals surface area contributed by atoms with Crippen molar-refractivity contribution in [1.82, 2.24) is 29.8 Å². The van der Waals surface area contributed by atoms with Crippen LogP contribution < -0.4 is 9.62 Å². The number of phosphoric ester groups is 1. The molecule has 0 aliphatic heterocycles. The Bertz CT molecular complexity index is 3760. The minimum Gasteiger partial charge on any atom is -0.480 e. The zero-order chi connectivity index (χ0) is 63.7. The molecular weight excluding hydrogens is 1240 g/mol. The number of nitrogens with zero attached hydrogens (tertiary/aromatic N) is 6. The molecular formula is C50H53ClF10N7O14PS2. The summed E-state index contributed by atoms with van der Waals surface area (Å²) in [5.41, 5.74) is -6.84. The van der Waals surface area contributed by atoms with Gasteiger partial charge in [0.15, 0.2) is 21.3 Å². The maximum Gasteiger partial charge on any atom is 0.472 e. The van der Waals surface area contributed by atoms with E-state index in [2.05, 4.69) is 24.8 Å². The molecule has 3 atom stereocenters. The van der Waals surface area contributed by atoms with Gasteiger partial charge in [-0.2, -0.15) is 49.6 Å². The molecule has 2 heterocycles. The molecule has 7 rings (SSSR count). The van der Waals surface area contributed by atoms with Crippen LogP contribution in [0.4, 0.5) is 54.5 Å². The molecule has 1 unspecified atom stereocenters. The summed E-state index contributed by atoms with van der Waals surface area (Å²) < 4.78 is 221. The number of nitrogens with one attached hydrogen (secondary N) is 1. The molecule has 5 aromatic rings. The normalized spacial score (nSPS) is 16.6. The first-order valence-corrected chi connectivity index (χ1v) is 30.7. The van der Waals surface area contributed by atoms with Gasteiger partial charge in [-0.1, -0.05) is 49.7 Å². The van der Waals surface area contributed by atoms with Crippen molar-refractivity contribution in [3.63, 3.8) is 0 Å². The fourth-order valence-electron chi connectivity index (χ4n) is 10.1. The van der Waals surface area contributed by atoms with Crippen LogP contribution in [0.3, 0.4) is 0 Å². The number of rotatable bonds is 23. The van der Waals surface area contributed by atoms with E-state index in [0.717, 1.165) is 30.5 Å². The number of amides is 3. The van der Waals surface area contributed by atoms with Crippen molar-refractivity contribution in [2.24, 2.45) is 11.3 Å². The fraction of sp³-hybridized carbons (Fsp3) is 0.480. The number of carbonyl (C=O) groups excluding carboxylic acids is 3. The predicted octanol–water partition coefficient (Wildman–Crippen LogP) is 8.78. The van der Waals surface area contributed by atoms with Crippen molar-refractivity contribution in [2.75, 3.05) is 36.7 Å². The van der Waals surface area contributed by atoms with E-state index in [1.807, 2.05) is 0 Å². The molecule has 3 amide bonds. The number of phosphoric acid groups is 1. The standard InChI is InChI=1S/C50H53ClF10N7O14PS2/c1-46(2,22-65(21-38(71)72)45(73)81-24-82-83(74,75)76)19-37(70)68(85(6,79)80)44-40-34(51)10-9-30(41(40)67(64-44)23-48(54,55)56)29-8-7-25(11-12-47(3,4)84(5,77)78)15-31(29)35(16-26-13-27(52)17-28(53)14-26)62-36(69)20-66-43-39(42(63-66)50(59,60)61)32-18-33(32)49(43,57)58/h7-10,13-15,17,32-33,35H,11-12,16,18-24H2,1-6H3,(H,62,69)(H,71,72)(H2,74,75,76)/t32-,33?,35-/m0/s1. The number of carboxylic acid groups (broad SMARTS) is 1. The third kappa shape index (κ3) is 15.2. The highest BCUT2D eigenvalue weighted by Gasteiger charge is 2.68. The number of alkyl halides is 8. The Morgan fingerprint density at radius 3 is 2.09 bits per heavy atom. The average Bonchev–Trinajstić information content (AvgIpc) is 1.56. The lowest BCUT2D eigenvalue weighted by Crippen LogP contribution is -2.45. The zero-order valence-corrected chi connectivity index (χ0v) is 48.6. The number of halogens is 11. The van der Waals surface area contributed by atoms with Crippen LogP contribution >= 0.6 is 19.4 Å². The first-order valence-electron chi connectivity index (χ1n) is 25.0. The van der Waals surface area contributed by atoms with Gasteiger partial charge in [0, 0.05) is 42.3 Å². The summed E-state index contributed by atoms with van der Waals surface area (Å²) in [6.45, 7) is -1.51. The largest absolute Gasteiger partial charge is 0.480 e. The maximum absolute atomic E-state index is 15.7. The van der Waals surface area contributed by atoms with Gasteiger partial charge < -0.3 is 24.9 Å². The average molecular weight is 1300 g/mol. The number of fused-ring (bicyclic) bond motifs is 4. The lowest BCUT2D eigenvalue weighted by Gasteiger charge is -2.32. The molecule has 1 fully saturated rings. The maximum atomic E-state index is 15.7. The number of aromatic nitrogens is 4. The van der Waals surface area contributed by atoms with Crippen LogP contribution in [0.5, 0.6) is 0 Å². The molecule has 2 aromatic heterocycles. The van der Waals surface area contributed by atoms with Crippen molar-refractivity contribution in [3.8, 4) is 11.1 Å². The van der Waals surface area contributed by atoms with E-state index in [1.165, 1.54) is 45.9 Å². The number of hydrogen-bond donors (Lipinski definition) is 4. The third-order valence-electron chi connectivity index (χ3n) is 14.1. The van der Waals surface area contributed by atoms with Crippen LogP contribution in [0.15, 0.2) is 48.5 Å². The zero-order valence-electron chi connectivity index (χ0n) is 45.4. The smallest absolute Gasteiger partial charge is 0.472 e. The number of ether oxygens (including phenoxy) is 1. The summed E-state index contributed by atoms with van der Waals surface area (Å²) >= 11 is 6.74. The number of carboxylic acids is 1. The van der Waals surface area contributed by atoms with Crippen molar-refractivity contribution in [1.29, 1.82) is 0 Å². The second kappa shape index (κ2) is 23.4. The number of aliphatic carboxylic acids is 1. The Hall–Kier alpha value is -6.38. The topological polar surface area (TPSA) is 287 Å². The van der Waals surface area contributed by atoms with Crippen LogP contribution in [0.2, 0.25) is 5.02 Å². The van der Waals surface area contributed by atoms with Crippen molar-refractivity contribution < 1.29 is 109 Å². The lowest BCUT2D eigenvalue weighted by molar-refractivity contribution is -0.143. The van der Waals surface area contributed by atoms with E-state index in [1.54, 1.807) is 0 Å². The molecule has 0 spiro atoms. The first-order chi connectivity index (χ1) is 38.8. The van der Waals surface area contributed by atoms with E-state index in [9.17, 15) is 80.8 Å². The second-order valence-electron chi connectivity index (χ2n) is 22.0. The number of sulfone groups is 1. The number of aryl methyl sites for hydroxylation is 1. The van der Waals surface area contributed by atoms with Crippen molar-refractivity contribution in [3.05, 3.63) is 98.8 Å². The number of benzene rings is 3. The lowest BCUT2D eigenvalue weighted by atomic mass is 9.87. The monoisotopic (exact) mass is 1300 g/mol. The Morgan fingerprint density at radius 2 is 1.53 bits per heavy atom. The minimum absolute atomic E-state index is 0.0222. The van der Waals surface area contributed by atoms with Gasteiger partial charge in [0.05, 0.1) is 33.0 Å². The fourth-order valence-corrected chi connectivity index (χ4v) is 11.9. The molecule has 1 saturated carbocycles. The number of hydrogen-bond acceptors (Lipinski definition) is 13. The summed E-state index contributed by atoms with van der Waals surface area (Å²) in [5, 5.41) is 18.2. The van der Waals surface area contributed by atoms with Gasteiger partial charge in [-0.3, -0.25) is 28.6 Å². The summed E-state index contributed by atoms with van der Waals surface area (Å²) in [6, 6.07) is 6.43.